The monoisotopic (exact) mass is 310 g/mol. The number of aliphatic hydroxyl groups is 1. The van der Waals surface area contributed by atoms with Gasteiger partial charge in [0, 0.05) is 37.7 Å². The number of nitrogens with zero attached hydrogens (tertiary/aromatic N) is 2. The molecule has 2 rings (SSSR count). The van der Waals surface area contributed by atoms with Crippen molar-refractivity contribution in [2.24, 2.45) is 0 Å². The van der Waals surface area contributed by atoms with Gasteiger partial charge in [0.15, 0.2) is 0 Å². The standard InChI is InChI=1S/C17H27ClN2O/c1-2-3-4-9-19-10-12-20(13-11-19)14-17(21)15-5-7-16(18)8-6-15/h5-8,17,21H,2-4,9-14H2,1H3/t17-/m0/s1. The molecule has 3 nitrogen and oxygen atoms in total. The molecule has 0 saturated carbocycles. The Morgan fingerprint density at radius 1 is 1.05 bits per heavy atom. The van der Waals surface area contributed by atoms with Crippen molar-refractivity contribution < 1.29 is 5.11 Å². The largest absolute Gasteiger partial charge is 0.387 e. The smallest absolute Gasteiger partial charge is 0.0916 e. The fourth-order valence-corrected chi connectivity index (χ4v) is 2.94. The van der Waals surface area contributed by atoms with Crippen molar-refractivity contribution in [2.45, 2.75) is 32.3 Å². The summed E-state index contributed by atoms with van der Waals surface area (Å²) in [7, 11) is 0. The second-order valence-electron chi connectivity index (χ2n) is 5.92. The minimum absolute atomic E-state index is 0.422. The lowest BCUT2D eigenvalue weighted by molar-refractivity contribution is 0.0720. The summed E-state index contributed by atoms with van der Waals surface area (Å²) in [5.41, 5.74) is 0.949. The lowest BCUT2D eigenvalue weighted by atomic mass is 10.1. The molecular formula is C17H27ClN2O. The van der Waals surface area contributed by atoms with Gasteiger partial charge in [-0.2, -0.15) is 0 Å². The highest BCUT2D eigenvalue weighted by Gasteiger charge is 2.19. The first-order valence-electron chi connectivity index (χ1n) is 8.07. The van der Waals surface area contributed by atoms with E-state index in [1.807, 2.05) is 24.3 Å². The Bertz CT molecular complexity index is 402. The molecule has 0 aromatic heterocycles. The van der Waals surface area contributed by atoms with Crippen LogP contribution in [-0.2, 0) is 0 Å². The highest BCUT2D eigenvalue weighted by Crippen LogP contribution is 2.18. The Morgan fingerprint density at radius 3 is 2.29 bits per heavy atom. The van der Waals surface area contributed by atoms with E-state index in [4.69, 9.17) is 11.6 Å². The van der Waals surface area contributed by atoms with Gasteiger partial charge in [-0.1, -0.05) is 43.5 Å². The number of halogens is 1. The van der Waals surface area contributed by atoms with E-state index >= 15 is 0 Å². The molecule has 0 aliphatic carbocycles. The third-order valence-corrected chi connectivity index (χ3v) is 4.48. The first-order chi connectivity index (χ1) is 10.2. The van der Waals surface area contributed by atoms with E-state index in [0.29, 0.717) is 11.6 Å². The van der Waals surface area contributed by atoms with Crippen LogP contribution in [0.3, 0.4) is 0 Å². The Morgan fingerprint density at radius 2 is 1.67 bits per heavy atom. The minimum atomic E-state index is -0.422. The Kier molecular flexibility index (Phi) is 6.97. The molecule has 0 radical (unpaired) electrons. The highest BCUT2D eigenvalue weighted by molar-refractivity contribution is 6.30. The van der Waals surface area contributed by atoms with Crippen molar-refractivity contribution in [2.75, 3.05) is 39.3 Å². The maximum absolute atomic E-state index is 10.3. The fourth-order valence-electron chi connectivity index (χ4n) is 2.82. The molecule has 1 aromatic carbocycles. The predicted molar refractivity (Wildman–Crippen MR) is 88.8 cm³/mol. The molecule has 0 unspecified atom stereocenters. The fraction of sp³-hybridized carbons (Fsp3) is 0.647. The van der Waals surface area contributed by atoms with Crippen molar-refractivity contribution >= 4 is 11.6 Å². The predicted octanol–water partition coefficient (Wildman–Crippen LogP) is 3.18. The van der Waals surface area contributed by atoms with Gasteiger partial charge in [0.2, 0.25) is 0 Å². The number of β-amino-alcohol motifs (C(OH)–C–C–N with tert-alkyl or cyclic N) is 1. The normalized spacial score (nSPS) is 18.8. The van der Waals surface area contributed by atoms with Crippen molar-refractivity contribution in [3.05, 3.63) is 34.9 Å². The summed E-state index contributed by atoms with van der Waals surface area (Å²) in [4.78, 5) is 4.90. The molecule has 1 heterocycles. The van der Waals surface area contributed by atoms with Gasteiger partial charge in [-0.05, 0) is 30.7 Å². The average Bonchev–Trinajstić information content (AvgIpc) is 2.50. The summed E-state index contributed by atoms with van der Waals surface area (Å²) in [6.07, 6.45) is 3.50. The third-order valence-electron chi connectivity index (χ3n) is 4.23. The molecule has 1 saturated heterocycles. The summed E-state index contributed by atoms with van der Waals surface area (Å²) in [6.45, 7) is 8.53. The van der Waals surface area contributed by atoms with E-state index in [0.717, 1.165) is 31.7 Å². The van der Waals surface area contributed by atoms with Crippen LogP contribution in [-0.4, -0.2) is 54.2 Å². The highest BCUT2D eigenvalue weighted by atomic mass is 35.5. The van der Waals surface area contributed by atoms with Crippen molar-refractivity contribution in [1.29, 1.82) is 0 Å². The molecule has 118 valence electrons. The average molecular weight is 311 g/mol. The van der Waals surface area contributed by atoms with E-state index in [1.165, 1.54) is 25.8 Å². The number of piperazine rings is 1. The molecule has 21 heavy (non-hydrogen) atoms. The van der Waals surface area contributed by atoms with Crippen LogP contribution in [0, 0.1) is 0 Å². The van der Waals surface area contributed by atoms with Gasteiger partial charge >= 0.3 is 0 Å². The van der Waals surface area contributed by atoms with Crippen LogP contribution in [0.25, 0.3) is 0 Å². The molecule has 1 atom stereocenters. The van der Waals surface area contributed by atoms with Gasteiger partial charge in [0.05, 0.1) is 6.10 Å². The van der Waals surface area contributed by atoms with Crippen LogP contribution in [0.15, 0.2) is 24.3 Å². The number of benzene rings is 1. The van der Waals surface area contributed by atoms with Gasteiger partial charge in [-0.15, -0.1) is 0 Å². The van der Waals surface area contributed by atoms with E-state index in [-0.39, 0.29) is 0 Å². The van der Waals surface area contributed by atoms with Crippen LogP contribution >= 0.6 is 11.6 Å². The van der Waals surface area contributed by atoms with Gasteiger partial charge in [0.25, 0.3) is 0 Å². The quantitative estimate of drug-likeness (QED) is 0.784. The molecule has 1 fully saturated rings. The van der Waals surface area contributed by atoms with Crippen molar-refractivity contribution in [1.82, 2.24) is 9.80 Å². The van der Waals surface area contributed by atoms with Gasteiger partial charge in [0.1, 0.15) is 0 Å². The van der Waals surface area contributed by atoms with Crippen LogP contribution in [0.4, 0.5) is 0 Å². The zero-order chi connectivity index (χ0) is 15.1. The van der Waals surface area contributed by atoms with Crippen molar-refractivity contribution in [3.63, 3.8) is 0 Å². The molecule has 0 bridgehead atoms. The van der Waals surface area contributed by atoms with E-state index < -0.39 is 6.10 Å². The first kappa shape index (κ1) is 16.8. The van der Waals surface area contributed by atoms with Crippen LogP contribution in [0.1, 0.15) is 37.9 Å². The van der Waals surface area contributed by atoms with Crippen LogP contribution in [0.2, 0.25) is 5.02 Å². The SMILES string of the molecule is CCCCCN1CCN(C[C@H](O)c2ccc(Cl)cc2)CC1. The topological polar surface area (TPSA) is 26.7 Å². The lowest BCUT2D eigenvalue weighted by Gasteiger charge is -2.35. The molecule has 1 aromatic rings. The second-order valence-corrected chi connectivity index (χ2v) is 6.35. The molecule has 1 N–H and O–H groups in total. The van der Waals surface area contributed by atoms with E-state index in [2.05, 4.69) is 16.7 Å². The number of rotatable bonds is 7. The molecule has 1 aliphatic rings. The molecule has 4 heteroatoms. The molecular weight excluding hydrogens is 284 g/mol. The Hall–Kier alpha value is -0.610. The number of aliphatic hydroxyl groups excluding tert-OH is 1. The number of hydrogen-bond donors (Lipinski definition) is 1. The summed E-state index contributed by atoms with van der Waals surface area (Å²) in [5, 5.41) is 11.0. The van der Waals surface area contributed by atoms with Gasteiger partial charge in [-0.3, -0.25) is 4.90 Å². The van der Waals surface area contributed by atoms with Crippen LogP contribution < -0.4 is 0 Å². The van der Waals surface area contributed by atoms with E-state index in [9.17, 15) is 5.11 Å². The zero-order valence-corrected chi connectivity index (χ0v) is 13.7. The van der Waals surface area contributed by atoms with Crippen molar-refractivity contribution in [3.8, 4) is 0 Å². The third kappa shape index (κ3) is 5.59. The molecule has 1 aliphatic heterocycles. The first-order valence-corrected chi connectivity index (χ1v) is 8.45. The molecule has 0 amide bonds. The number of unbranched alkanes of at least 4 members (excludes halogenated alkanes) is 2. The Balaban J connectivity index is 1.71. The lowest BCUT2D eigenvalue weighted by Crippen LogP contribution is -2.47. The second kappa shape index (κ2) is 8.74. The Labute approximate surface area is 133 Å². The minimum Gasteiger partial charge on any atom is -0.387 e. The summed E-state index contributed by atoms with van der Waals surface area (Å²) < 4.78 is 0. The molecule has 0 spiro atoms. The maximum Gasteiger partial charge on any atom is 0.0916 e. The maximum atomic E-state index is 10.3. The van der Waals surface area contributed by atoms with Crippen LogP contribution in [0.5, 0.6) is 0 Å². The van der Waals surface area contributed by atoms with E-state index in [1.54, 1.807) is 0 Å². The van der Waals surface area contributed by atoms with Gasteiger partial charge in [-0.25, -0.2) is 0 Å². The zero-order valence-electron chi connectivity index (χ0n) is 13.0. The summed E-state index contributed by atoms with van der Waals surface area (Å²) in [6, 6.07) is 7.50. The van der Waals surface area contributed by atoms with Gasteiger partial charge < -0.3 is 10.0 Å². The number of hydrogen-bond acceptors (Lipinski definition) is 3. The summed E-state index contributed by atoms with van der Waals surface area (Å²) in [5.74, 6) is 0. The summed E-state index contributed by atoms with van der Waals surface area (Å²) >= 11 is 5.88.